The van der Waals surface area contributed by atoms with E-state index in [1.54, 1.807) is 0 Å². The summed E-state index contributed by atoms with van der Waals surface area (Å²) in [6.07, 6.45) is 1.20. The second-order valence-corrected chi connectivity index (χ2v) is 3.61. The largest absolute Gasteiger partial charge is 0.374 e. The summed E-state index contributed by atoms with van der Waals surface area (Å²) in [5.74, 6) is 0.672. The molecule has 0 aromatic heterocycles. The SMILES string of the molecule is C=C(C)N1CCC(C)C(N)C1. The summed E-state index contributed by atoms with van der Waals surface area (Å²) in [6, 6.07) is 0.334. The first-order valence-corrected chi connectivity index (χ1v) is 4.27. The van der Waals surface area contributed by atoms with Crippen molar-refractivity contribution in [1.82, 2.24) is 4.90 Å². The first-order chi connectivity index (χ1) is 5.11. The summed E-state index contributed by atoms with van der Waals surface area (Å²) in [5, 5.41) is 0. The topological polar surface area (TPSA) is 29.3 Å². The molecule has 1 rings (SSSR count). The molecule has 0 bridgehead atoms. The molecule has 0 amide bonds. The lowest BCUT2D eigenvalue weighted by Gasteiger charge is -2.36. The van der Waals surface area contributed by atoms with Crippen molar-refractivity contribution in [2.45, 2.75) is 26.3 Å². The van der Waals surface area contributed by atoms with Crippen LogP contribution in [0.5, 0.6) is 0 Å². The van der Waals surface area contributed by atoms with E-state index in [0.29, 0.717) is 12.0 Å². The van der Waals surface area contributed by atoms with Gasteiger partial charge in [-0.15, -0.1) is 0 Å². The van der Waals surface area contributed by atoms with E-state index in [2.05, 4.69) is 18.4 Å². The van der Waals surface area contributed by atoms with Crippen LogP contribution in [0.4, 0.5) is 0 Å². The van der Waals surface area contributed by atoms with Crippen LogP contribution in [0.15, 0.2) is 12.3 Å². The van der Waals surface area contributed by atoms with E-state index >= 15 is 0 Å². The van der Waals surface area contributed by atoms with Crippen LogP contribution in [0.25, 0.3) is 0 Å². The molecule has 0 aromatic carbocycles. The third-order valence-electron chi connectivity index (χ3n) is 2.56. The fourth-order valence-electron chi connectivity index (χ4n) is 1.45. The molecule has 2 N–H and O–H groups in total. The molecule has 2 unspecified atom stereocenters. The Kier molecular flexibility index (Phi) is 2.55. The van der Waals surface area contributed by atoms with E-state index in [9.17, 15) is 0 Å². The smallest absolute Gasteiger partial charge is 0.0329 e. The highest BCUT2D eigenvalue weighted by molar-refractivity contribution is 4.94. The van der Waals surface area contributed by atoms with Crippen LogP contribution in [0.3, 0.4) is 0 Å². The summed E-state index contributed by atoms with van der Waals surface area (Å²) in [5.41, 5.74) is 7.07. The fourth-order valence-corrected chi connectivity index (χ4v) is 1.45. The molecular formula is C9H18N2. The van der Waals surface area contributed by atoms with E-state index in [1.165, 1.54) is 6.42 Å². The standard InChI is InChI=1S/C9H18N2/c1-7(2)11-5-4-8(3)9(10)6-11/h8-9H,1,4-6,10H2,2-3H3. The molecule has 2 atom stereocenters. The normalized spacial score (nSPS) is 32.1. The van der Waals surface area contributed by atoms with Gasteiger partial charge < -0.3 is 10.6 Å². The Balaban J connectivity index is 2.46. The molecule has 1 aliphatic rings. The van der Waals surface area contributed by atoms with E-state index in [0.717, 1.165) is 18.8 Å². The van der Waals surface area contributed by atoms with E-state index in [1.807, 2.05) is 6.92 Å². The average molecular weight is 154 g/mol. The van der Waals surface area contributed by atoms with E-state index in [-0.39, 0.29) is 0 Å². The van der Waals surface area contributed by atoms with Crippen LogP contribution in [0.1, 0.15) is 20.3 Å². The number of rotatable bonds is 1. The van der Waals surface area contributed by atoms with E-state index < -0.39 is 0 Å². The Morgan fingerprint density at radius 2 is 2.27 bits per heavy atom. The van der Waals surface area contributed by atoms with Gasteiger partial charge in [0.2, 0.25) is 0 Å². The van der Waals surface area contributed by atoms with Crippen molar-refractivity contribution < 1.29 is 0 Å². The van der Waals surface area contributed by atoms with Crippen LogP contribution < -0.4 is 5.73 Å². The Bertz CT molecular complexity index is 154. The predicted octanol–water partition coefficient (Wildman–Crippen LogP) is 1.19. The number of piperidine rings is 1. The maximum Gasteiger partial charge on any atom is 0.0329 e. The molecular weight excluding hydrogens is 136 g/mol. The number of hydrogen-bond donors (Lipinski definition) is 1. The minimum absolute atomic E-state index is 0.334. The van der Waals surface area contributed by atoms with E-state index in [4.69, 9.17) is 5.73 Å². The molecule has 64 valence electrons. The van der Waals surface area contributed by atoms with Crippen molar-refractivity contribution in [3.8, 4) is 0 Å². The molecule has 1 fully saturated rings. The van der Waals surface area contributed by atoms with Crippen molar-refractivity contribution in [2.24, 2.45) is 11.7 Å². The highest BCUT2D eigenvalue weighted by atomic mass is 15.2. The first kappa shape index (κ1) is 8.60. The fraction of sp³-hybridized carbons (Fsp3) is 0.778. The lowest BCUT2D eigenvalue weighted by atomic mass is 9.94. The molecule has 0 aliphatic carbocycles. The zero-order valence-corrected chi connectivity index (χ0v) is 7.51. The summed E-state index contributed by atoms with van der Waals surface area (Å²) in [7, 11) is 0. The van der Waals surface area contributed by atoms with Gasteiger partial charge in [-0.2, -0.15) is 0 Å². The van der Waals surface area contributed by atoms with Crippen molar-refractivity contribution in [1.29, 1.82) is 0 Å². The summed E-state index contributed by atoms with van der Waals surface area (Å²) < 4.78 is 0. The number of allylic oxidation sites excluding steroid dienone is 1. The molecule has 2 nitrogen and oxygen atoms in total. The van der Waals surface area contributed by atoms with Gasteiger partial charge in [-0.1, -0.05) is 13.5 Å². The molecule has 0 saturated carbocycles. The first-order valence-electron chi connectivity index (χ1n) is 4.27. The number of nitrogens with two attached hydrogens (primary N) is 1. The minimum atomic E-state index is 0.334. The van der Waals surface area contributed by atoms with Crippen molar-refractivity contribution in [2.75, 3.05) is 13.1 Å². The highest BCUT2D eigenvalue weighted by Crippen LogP contribution is 2.17. The van der Waals surface area contributed by atoms with Crippen molar-refractivity contribution in [3.05, 3.63) is 12.3 Å². The molecule has 1 aliphatic heterocycles. The van der Waals surface area contributed by atoms with Crippen molar-refractivity contribution in [3.63, 3.8) is 0 Å². The third-order valence-corrected chi connectivity index (χ3v) is 2.56. The Hall–Kier alpha value is -0.500. The maximum absolute atomic E-state index is 5.92. The van der Waals surface area contributed by atoms with Gasteiger partial charge in [0.25, 0.3) is 0 Å². The number of likely N-dealkylation sites (tertiary alicyclic amines) is 1. The van der Waals surface area contributed by atoms with Gasteiger partial charge in [-0.25, -0.2) is 0 Å². The lowest BCUT2D eigenvalue weighted by Crippen LogP contribution is -2.46. The molecule has 2 heteroatoms. The van der Waals surface area contributed by atoms with Crippen LogP contribution in [-0.4, -0.2) is 24.0 Å². The van der Waals surface area contributed by atoms with Gasteiger partial charge in [-0.05, 0) is 19.3 Å². The second kappa shape index (κ2) is 3.26. The summed E-state index contributed by atoms with van der Waals surface area (Å²) in [4.78, 5) is 2.27. The second-order valence-electron chi connectivity index (χ2n) is 3.61. The van der Waals surface area contributed by atoms with Gasteiger partial charge in [0.15, 0.2) is 0 Å². The number of hydrogen-bond acceptors (Lipinski definition) is 2. The zero-order chi connectivity index (χ0) is 8.43. The average Bonchev–Trinajstić information content (AvgIpc) is 1.94. The summed E-state index contributed by atoms with van der Waals surface area (Å²) in [6.45, 7) is 10.3. The van der Waals surface area contributed by atoms with Gasteiger partial charge in [0.05, 0.1) is 0 Å². The van der Waals surface area contributed by atoms with Gasteiger partial charge in [0.1, 0.15) is 0 Å². The quantitative estimate of drug-likeness (QED) is 0.614. The number of nitrogens with zero attached hydrogens (tertiary/aromatic N) is 1. The predicted molar refractivity (Wildman–Crippen MR) is 48.1 cm³/mol. The molecule has 0 radical (unpaired) electrons. The Labute approximate surface area is 69.1 Å². The third kappa shape index (κ3) is 1.96. The zero-order valence-electron chi connectivity index (χ0n) is 7.51. The Morgan fingerprint density at radius 1 is 1.64 bits per heavy atom. The Morgan fingerprint density at radius 3 is 2.73 bits per heavy atom. The van der Waals surface area contributed by atoms with Gasteiger partial charge >= 0.3 is 0 Å². The summed E-state index contributed by atoms with van der Waals surface area (Å²) >= 11 is 0. The molecule has 1 heterocycles. The van der Waals surface area contributed by atoms with Crippen LogP contribution in [0.2, 0.25) is 0 Å². The van der Waals surface area contributed by atoms with Crippen LogP contribution >= 0.6 is 0 Å². The maximum atomic E-state index is 5.92. The van der Waals surface area contributed by atoms with Gasteiger partial charge in [0, 0.05) is 24.8 Å². The van der Waals surface area contributed by atoms with Crippen LogP contribution in [0, 0.1) is 5.92 Å². The van der Waals surface area contributed by atoms with Gasteiger partial charge in [-0.3, -0.25) is 0 Å². The van der Waals surface area contributed by atoms with Crippen molar-refractivity contribution >= 4 is 0 Å². The molecule has 0 aromatic rings. The lowest BCUT2D eigenvalue weighted by molar-refractivity contribution is 0.209. The van der Waals surface area contributed by atoms with Crippen LogP contribution in [-0.2, 0) is 0 Å². The molecule has 1 saturated heterocycles. The molecule has 0 spiro atoms. The minimum Gasteiger partial charge on any atom is -0.374 e. The monoisotopic (exact) mass is 154 g/mol. The highest BCUT2D eigenvalue weighted by Gasteiger charge is 2.22. The molecule has 11 heavy (non-hydrogen) atoms.